The fourth-order valence-corrected chi connectivity index (χ4v) is 4.16. The molecule has 1 aliphatic rings. The lowest BCUT2D eigenvalue weighted by Gasteiger charge is -2.20. The van der Waals surface area contributed by atoms with Crippen molar-refractivity contribution in [2.75, 3.05) is 18.9 Å². The normalized spacial score (nSPS) is 13.1. The van der Waals surface area contributed by atoms with Crippen LogP contribution in [0.2, 0.25) is 0 Å². The number of alkyl carbamates (subject to hydrolysis) is 1. The minimum atomic E-state index is -0.423. The summed E-state index contributed by atoms with van der Waals surface area (Å²) in [6.07, 6.45) is 3.40. The summed E-state index contributed by atoms with van der Waals surface area (Å²) in [4.78, 5) is 12.3. The lowest BCUT2D eigenvalue weighted by Crippen LogP contribution is -2.26. The van der Waals surface area contributed by atoms with Crippen molar-refractivity contribution >= 4 is 17.9 Å². The molecule has 0 saturated carbocycles. The number of amides is 1. The molecule has 1 aliphatic carbocycles. The number of benzene rings is 3. The van der Waals surface area contributed by atoms with Gasteiger partial charge in [0, 0.05) is 18.2 Å². The summed E-state index contributed by atoms with van der Waals surface area (Å²) in [6, 6.07) is 22.7. The molecule has 0 bridgehead atoms. The van der Waals surface area contributed by atoms with E-state index in [0.717, 1.165) is 11.3 Å². The number of ether oxygens (including phenoxy) is 1. The van der Waals surface area contributed by atoms with Crippen molar-refractivity contribution in [3.63, 3.8) is 0 Å². The molecule has 0 heterocycles. The Morgan fingerprint density at radius 1 is 1.00 bits per heavy atom. The molecule has 3 aromatic rings. The lowest BCUT2D eigenvalue weighted by atomic mass is 9.86. The quantitative estimate of drug-likeness (QED) is 0.483. The Hall–Kier alpha value is -3.53. The van der Waals surface area contributed by atoms with Gasteiger partial charge in [-0.05, 0) is 50.9 Å². The van der Waals surface area contributed by atoms with Gasteiger partial charge < -0.3 is 15.8 Å². The van der Waals surface area contributed by atoms with Crippen molar-refractivity contribution in [2.24, 2.45) is 0 Å². The molecule has 4 heteroatoms. The van der Waals surface area contributed by atoms with Crippen LogP contribution in [-0.2, 0) is 10.2 Å². The first-order chi connectivity index (χ1) is 15.3. The fourth-order valence-electron chi connectivity index (χ4n) is 4.16. The maximum atomic E-state index is 12.3. The van der Waals surface area contributed by atoms with Gasteiger partial charge in [0.15, 0.2) is 0 Å². The van der Waals surface area contributed by atoms with E-state index in [1.165, 1.54) is 27.8 Å². The minimum Gasteiger partial charge on any atom is -0.449 e. The molecule has 0 aliphatic heterocycles. The number of carbonyl (C=O) groups excluding carboxylic acids is 1. The molecule has 0 atom stereocenters. The zero-order valence-electron chi connectivity index (χ0n) is 18.9. The molecule has 164 valence electrons. The number of fused-ring (bicyclic) bond motifs is 3. The van der Waals surface area contributed by atoms with Crippen molar-refractivity contribution in [3.8, 4) is 11.1 Å². The Morgan fingerprint density at radius 2 is 1.62 bits per heavy atom. The second kappa shape index (κ2) is 8.91. The van der Waals surface area contributed by atoms with Crippen LogP contribution in [0.3, 0.4) is 0 Å². The third kappa shape index (κ3) is 4.54. The minimum absolute atomic E-state index is 0.0514. The number of nitrogens with two attached hydrogens (primary N) is 1. The van der Waals surface area contributed by atoms with E-state index >= 15 is 0 Å². The van der Waals surface area contributed by atoms with Crippen LogP contribution in [0.4, 0.5) is 10.5 Å². The van der Waals surface area contributed by atoms with Crippen molar-refractivity contribution < 1.29 is 9.53 Å². The van der Waals surface area contributed by atoms with E-state index in [9.17, 15) is 4.79 Å². The zero-order valence-corrected chi connectivity index (χ0v) is 18.9. The summed E-state index contributed by atoms with van der Waals surface area (Å²) < 4.78 is 5.57. The highest BCUT2D eigenvalue weighted by Crippen LogP contribution is 2.44. The fraction of sp³-hybridized carbons (Fsp3) is 0.250. The zero-order chi connectivity index (χ0) is 22.7. The lowest BCUT2D eigenvalue weighted by molar-refractivity contribution is 0.144. The van der Waals surface area contributed by atoms with Gasteiger partial charge in [0.05, 0.1) is 0 Å². The Labute approximate surface area is 190 Å². The first-order valence-electron chi connectivity index (χ1n) is 11.0. The first kappa shape index (κ1) is 21.7. The SMILES string of the molecule is CC(C)(C)c1ccc(N)c(C=CCNC(=O)OCC2c3ccccc3-c3ccccc32)c1. The smallest absolute Gasteiger partial charge is 0.407 e. The van der Waals surface area contributed by atoms with E-state index in [-0.39, 0.29) is 11.3 Å². The molecule has 0 saturated heterocycles. The summed E-state index contributed by atoms with van der Waals surface area (Å²) in [5, 5.41) is 2.80. The molecule has 0 unspecified atom stereocenters. The highest BCUT2D eigenvalue weighted by atomic mass is 16.5. The second-order valence-electron chi connectivity index (χ2n) is 9.20. The number of nitrogen functional groups attached to an aromatic ring is 1. The number of hydrogen-bond donors (Lipinski definition) is 2. The maximum Gasteiger partial charge on any atom is 0.407 e. The molecule has 0 spiro atoms. The topological polar surface area (TPSA) is 64.3 Å². The van der Waals surface area contributed by atoms with Crippen LogP contribution >= 0.6 is 0 Å². The van der Waals surface area contributed by atoms with E-state index in [1.807, 2.05) is 42.5 Å². The van der Waals surface area contributed by atoms with Gasteiger partial charge in [0.1, 0.15) is 6.61 Å². The molecule has 3 aromatic carbocycles. The van der Waals surface area contributed by atoms with E-state index in [4.69, 9.17) is 10.5 Å². The van der Waals surface area contributed by atoms with Crippen LogP contribution in [0.25, 0.3) is 17.2 Å². The van der Waals surface area contributed by atoms with Crippen molar-refractivity contribution in [1.82, 2.24) is 5.32 Å². The third-order valence-electron chi connectivity index (χ3n) is 5.96. The Balaban J connectivity index is 1.34. The molecule has 4 nitrogen and oxygen atoms in total. The molecule has 0 fully saturated rings. The highest BCUT2D eigenvalue weighted by Gasteiger charge is 2.28. The molecule has 32 heavy (non-hydrogen) atoms. The van der Waals surface area contributed by atoms with E-state index in [1.54, 1.807) is 0 Å². The average molecular weight is 427 g/mol. The second-order valence-corrected chi connectivity index (χ2v) is 9.20. The predicted octanol–water partition coefficient (Wildman–Crippen LogP) is 6.12. The highest BCUT2D eigenvalue weighted by molar-refractivity contribution is 5.79. The largest absolute Gasteiger partial charge is 0.449 e. The summed E-state index contributed by atoms with van der Waals surface area (Å²) in [7, 11) is 0. The average Bonchev–Trinajstić information content (AvgIpc) is 3.09. The van der Waals surface area contributed by atoms with Gasteiger partial charge in [-0.3, -0.25) is 0 Å². The van der Waals surface area contributed by atoms with Gasteiger partial charge in [-0.15, -0.1) is 0 Å². The molecule has 0 aromatic heterocycles. The van der Waals surface area contributed by atoms with Crippen molar-refractivity contribution in [1.29, 1.82) is 0 Å². The number of rotatable bonds is 5. The van der Waals surface area contributed by atoms with Gasteiger partial charge in [-0.25, -0.2) is 4.79 Å². The molecule has 3 N–H and O–H groups in total. The van der Waals surface area contributed by atoms with Gasteiger partial charge in [-0.1, -0.05) is 87.5 Å². The predicted molar refractivity (Wildman–Crippen MR) is 132 cm³/mol. The number of anilines is 1. The van der Waals surface area contributed by atoms with Gasteiger partial charge in [0.25, 0.3) is 0 Å². The Bertz CT molecular complexity index is 1110. The van der Waals surface area contributed by atoms with Crippen LogP contribution in [0.5, 0.6) is 0 Å². The van der Waals surface area contributed by atoms with E-state index in [0.29, 0.717) is 13.2 Å². The molecule has 4 rings (SSSR count). The molecular formula is C28H30N2O2. The summed E-state index contributed by atoms with van der Waals surface area (Å²) in [5.74, 6) is 0.0589. The Morgan fingerprint density at radius 3 is 2.25 bits per heavy atom. The van der Waals surface area contributed by atoms with E-state index < -0.39 is 6.09 Å². The summed E-state index contributed by atoms with van der Waals surface area (Å²) in [6.45, 7) is 7.19. The van der Waals surface area contributed by atoms with Crippen LogP contribution < -0.4 is 11.1 Å². The third-order valence-corrected chi connectivity index (χ3v) is 5.96. The van der Waals surface area contributed by atoms with Gasteiger partial charge >= 0.3 is 6.09 Å². The van der Waals surface area contributed by atoms with Crippen LogP contribution in [-0.4, -0.2) is 19.2 Å². The maximum absolute atomic E-state index is 12.3. The van der Waals surface area contributed by atoms with E-state index in [2.05, 4.69) is 62.5 Å². The standard InChI is InChI=1S/C28H30N2O2/c1-28(2,3)20-14-15-26(29)19(17-20)9-8-16-30-27(31)32-18-25-23-12-6-4-10-21(23)22-11-5-7-13-24(22)25/h4-15,17,25H,16,18,29H2,1-3H3,(H,30,31). The number of nitrogens with one attached hydrogen (secondary N) is 1. The molecule has 0 radical (unpaired) electrons. The number of hydrogen-bond acceptors (Lipinski definition) is 3. The summed E-state index contributed by atoms with van der Waals surface area (Å²) >= 11 is 0. The molecule has 1 amide bonds. The number of carbonyl (C=O) groups is 1. The van der Waals surface area contributed by atoms with Crippen LogP contribution in [0.15, 0.2) is 72.8 Å². The monoisotopic (exact) mass is 426 g/mol. The summed E-state index contributed by atoms with van der Waals surface area (Å²) in [5.41, 5.74) is 13.9. The molecular weight excluding hydrogens is 396 g/mol. The van der Waals surface area contributed by atoms with Gasteiger partial charge in [0.2, 0.25) is 0 Å². The first-order valence-corrected chi connectivity index (χ1v) is 11.0. The van der Waals surface area contributed by atoms with Crippen LogP contribution in [0.1, 0.15) is 48.9 Å². The van der Waals surface area contributed by atoms with Crippen molar-refractivity contribution in [2.45, 2.75) is 32.1 Å². The Kier molecular flexibility index (Phi) is 6.04. The van der Waals surface area contributed by atoms with Crippen molar-refractivity contribution in [3.05, 3.63) is 95.1 Å². The van der Waals surface area contributed by atoms with Crippen LogP contribution in [0, 0.1) is 0 Å². The van der Waals surface area contributed by atoms with Gasteiger partial charge in [-0.2, -0.15) is 0 Å².